The molecule has 0 unspecified atom stereocenters. The molecular formula is C11H20O3S. The predicted molar refractivity (Wildman–Crippen MR) is 60.6 cm³/mol. The molecule has 0 radical (unpaired) electrons. The monoisotopic (exact) mass is 232 g/mol. The molecule has 0 aromatic rings. The Morgan fingerprint density at radius 3 is 2.73 bits per heavy atom. The Balaban J connectivity index is 2.05. The van der Waals surface area contributed by atoms with Crippen LogP contribution in [0.5, 0.6) is 0 Å². The highest BCUT2D eigenvalue weighted by molar-refractivity contribution is 8.00. The molecule has 2 fully saturated rings. The number of fused-ring (bicyclic) bond motifs is 1. The first-order valence-corrected chi connectivity index (χ1v) is 6.65. The maximum atomic E-state index is 5.99. The lowest BCUT2D eigenvalue weighted by Crippen LogP contribution is -2.42. The predicted octanol–water partition coefficient (Wildman–Crippen LogP) is 2.46. The van der Waals surface area contributed by atoms with Gasteiger partial charge in [0, 0.05) is 6.92 Å². The third kappa shape index (κ3) is 2.18. The number of hydrogen-bond donors (Lipinski definition) is 0. The molecule has 3 nitrogen and oxygen atoms in total. The van der Waals surface area contributed by atoms with E-state index < -0.39 is 5.12 Å². The second-order valence-corrected chi connectivity index (χ2v) is 6.14. The Labute approximate surface area is 95.8 Å². The van der Waals surface area contributed by atoms with Crippen molar-refractivity contribution < 1.29 is 14.2 Å². The fourth-order valence-corrected chi connectivity index (χ4v) is 3.01. The van der Waals surface area contributed by atoms with Crippen LogP contribution in [0.3, 0.4) is 0 Å². The Morgan fingerprint density at radius 1 is 1.33 bits per heavy atom. The highest BCUT2D eigenvalue weighted by atomic mass is 32.2. The fraction of sp³-hybridized carbons (Fsp3) is 1.00. The van der Waals surface area contributed by atoms with Crippen molar-refractivity contribution in [1.29, 1.82) is 0 Å². The SMILES string of the molecule is CCS[C@]1(C)O[C@H]2OC[C@@H](C)[C@H](C)[C@H]2O1. The van der Waals surface area contributed by atoms with Crippen LogP contribution >= 0.6 is 11.8 Å². The molecule has 0 bridgehead atoms. The minimum atomic E-state index is -0.512. The third-order valence-corrected chi connectivity index (χ3v) is 4.30. The molecule has 2 saturated heterocycles. The summed E-state index contributed by atoms with van der Waals surface area (Å²) in [6, 6.07) is 0. The van der Waals surface area contributed by atoms with Crippen molar-refractivity contribution in [3.05, 3.63) is 0 Å². The summed E-state index contributed by atoms with van der Waals surface area (Å²) in [4.78, 5) is 0. The smallest absolute Gasteiger partial charge is 0.218 e. The number of rotatable bonds is 2. The van der Waals surface area contributed by atoms with Gasteiger partial charge in [0.2, 0.25) is 5.12 Å². The van der Waals surface area contributed by atoms with Gasteiger partial charge in [-0.25, -0.2) is 0 Å². The zero-order valence-electron chi connectivity index (χ0n) is 9.86. The van der Waals surface area contributed by atoms with Crippen molar-refractivity contribution in [2.75, 3.05) is 12.4 Å². The van der Waals surface area contributed by atoms with Crippen LogP contribution in [-0.4, -0.2) is 29.9 Å². The van der Waals surface area contributed by atoms with Crippen LogP contribution in [0.25, 0.3) is 0 Å². The molecule has 88 valence electrons. The molecule has 0 N–H and O–H groups in total. The normalized spacial score (nSPS) is 50.4. The van der Waals surface area contributed by atoms with Crippen LogP contribution in [-0.2, 0) is 14.2 Å². The van der Waals surface area contributed by atoms with Gasteiger partial charge in [0.15, 0.2) is 6.29 Å². The molecule has 0 aromatic carbocycles. The molecule has 0 aromatic heterocycles. The second kappa shape index (κ2) is 4.24. The second-order valence-electron chi connectivity index (χ2n) is 4.53. The molecule has 0 amide bonds. The van der Waals surface area contributed by atoms with Crippen LogP contribution < -0.4 is 0 Å². The minimum Gasteiger partial charge on any atom is -0.350 e. The zero-order valence-corrected chi connectivity index (χ0v) is 10.7. The zero-order chi connectivity index (χ0) is 11.1. The number of ether oxygens (including phenoxy) is 3. The topological polar surface area (TPSA) is 27.7 Å². The molecule has 0 aliphatic carbocycles. The van der Waals surface area contributed by atoms with E-state index in [2.05, 4.69) is 20.8 Å². The summed E-state index contributed by atoms with van der Waals surface area (Å²) < 4.78 is 17.5. The molecular weight excluding hydrogens is 212 g/mol. The highest BCUT2D eigenvalue weighted by Gasteiger charge is 2.50. The standard InChI is InChI=1S/C11H20O3S/c1-5-15-11(4)13-9-8(3)7(2)6-12-10(9)14-11/h7-10H,5-6H2,1-4H3/t7-,8+,9-,10-,11+/m1/s1. The van der Waals surface area contributed by atoms with E-state index in [1.165, 1.54) is 0 Å². The van der Waals surface area contributed by atoms with E-state index in [-0.39, 0.29) is 12.4 Å². The van der Waals surface area contributed by atoms with Crippen molar-refractivity contribution in [3.8, 4) is 0 Å². The van der Waals surface area contributed by atoms with Crippen LogP contribution in [0.1, 0.15) is 27.7 Å². The van der Waals surface area contributed by atoms with E-state index in [4.69, 9.17) is 14.2 Å². The van der Waals surface area contributed by atoms with E-state index in [0.717, 1.165) is 12.4 Å². The number of thioether (sulfide) groups is 1. The maximum Gasteiger partial charge on any atom is 0.218 e. The van der Waals surface area contributed by atoms with Gasteiger partial charge in [0.25, 0.3) is 0 Å². The summed E-state index contributed by atoms with van der Waals surface area (Å²) in [7, 11) is 0. The molecule has 15 heavy (non-hydrogen) atoms. The van der Waals surface area contributed by atoms with Crippen LogP contribution in [0.2, 0.25) is 0 Å². The minimum absolute atomic E-state index is 0.0952. The van der Waals surface area contributed by atoms with Gasteiger partial charge in [0.05, 0.1) is 6.61 Å². The van der Waals surface area contributed by atoms with E-state index in [0.29, 0.717) is 11.8 Å². The van der Waals surface area contributed by atoms with Gasteiger partial charge in [-0.05, 0) is 17.6 Å². The average molecular weight is 232 g/mol. The van der Waals surface area contributed by atoms with Crippen molar-refractivity contribution in [3.63, 3.8) is 0 Å². The van der Waals surface area contributed by atoms with Gasteiger partial charge in [0.1, 0.15) is 6.10 Å². The highest BCUT2D eigenvalue weighted by Crippen LogP contribution is 2.43. The summed E-state index contributed by atoms with van der Waals surface area (Å²) in [6.07, 6.45) is -0.0713. The molecule has 2 aliphatic rings. The largest absolute Gasteiger partial charge is 0.350 e. The van der Waals surface area contributed by atoms with Crippen molar-refractivity contribution in [1.82, 2.24) is 0 Å². The van der Waals surface area contributed by atoms with Crippen molar-refractivity contribution >= 4 is 11.8 Å². The first-order valence-electron chi connectivity index (χ1n) is 5.67. The van der Waals surface area contributed by atoms with Gasteiger partial charge >= 0.3 is 0 Å². The van der Waals surface area contributed by atoms with Gasteiger partial charge in [-0.3, -0.25) is 0 Å². The third-order valence-electron chi connectivity index (χ3n) is 3.29. The van der Waals surface area contributed by atoms with Crippen molar-refractivity contribution in [2.24, 2.45) is 11.8 Å². The molecule has 4 heteroatoms. The molecule has 2 rings (SSSR count). The van der Waals surface area contributed by atoms with E-state index >= 15 is 0 Å². The quantitative estimate of drug-likeness (QED) is 0.731. The first-order chi connectivity index (χ1) is 7.06. The fourth-order valence-electron chi connectivity index (χ4n) is 2.15. The van der Waals surface area contributed by atoms with Gasteiger partial charge in [-0.2, -0.15) is 0 Å². The van der Waals surface area contributed by atoms with Crippen LogP contribution in [0, 0.1) is 11.8 Å². The first kappa shape index (κ1) is 11.7. The van der Waals surface area contributed by atoms with E-state index in [9.17, 15) is 0 Å². The molecule has 2 aliphatic heterocycles. The Bertz CT molecular complexity index is 236. The van der Waals surface area contributed by atoms with Crippen LogP contribution in [0.4, 0.5) is 0 Å². The lowest BCUT2D eigenvalue weighted by molar-refractivity contribution is -0.178. The van der Waals surface area contributed by atoms with E-state index in [1.54, 1.807) is 11.8 Å². The summed E-state index contributed by atoms with van der Waals surface area (Å²) in [6.45, 7) is 9.29. The molecule has 0 saturated carbocycles. The summed E-state index contributed by atoms with van der Waals surface area (Å²) in [5.74, 6) is 2.03. The Morgan fingerprint density at radius 2 is 2.07 bits per heavy atom. The average Bonchev–Trinajstić information content (AvgIpc) is 2.50. The van der Waals surface area contributed by atoms with Crippen LogP contribution in [0.15, 0.2) is 0 Å². The lowest BCUT2D eigenvalue weighted by atomic mass is 9.89. The van der Waals surface area contributed by atoms with Gasteiger partial charge in [-0.1, -0.05) is 32.5 Å². The van der Waals surface area contributed by atoms with Crippen molar-refractivity contribution in [2.45, 2.75) is 45.2 Å². The van der Waals surface area contributed by atoms with E-state index in [1.807, 2.05) is 6.92 Å². The molecule has 0 spiro atoms. The molecule has 2 heterocycles. The maximum absolute atomic E-state index is 5.99. The number of hydrogen-bond acceptors (Lipinski definition) is 4. The van der Waals surface area contributed by atoms with Gasteiger partial charge < -0.3 is 14.2 Å². The van der Waals surface area contributed by atoms with Gasteiger partial charge in [-0.15, -0.1) is 0 Å². The Kier molecular flexibility index (Phi) is 3.31. The summed E-state index contributed by atoms with van der Waals surface area (Å²) in [5, 5.41) is -0.512. The molecule has 5 atom stereocenters. The Hall–Kier alpha value is 0.230. The lowest BCUT2D eigenvalue weighted by Gasteiger charge is -2.33. The summed E-state index contributed by atoms with van der Waals surface area (Å²) in [5.41, 5.74) is 0. The summed E-state index contributed by atoms with van der Waals surface area (Å²) >= 11 is 1.69.